The van der Waals surface area contributed by atoms with Crippen LogP contribution in [0.5, 0.6) is 0 Å². The number of hydrogen-bond donors (Lipinski definition) is 1. The number of nitrogens with one attached hydrogen (secondary N) is 1. The van der Waals surface area contributed by atoms with Crippen LogP contribution in [0, 0.1) is 5.92 Å². The molecule has 3 heterocycles. The van der Waals surface area contributed by atoms with Crippen molar-refractivity contribution in [3.8, 4) is 0 Å². The predicted octanol–water partition coefficient (Wildman–Crippen LogP) is 2.86. The first kappa shape index (κ1) is 18.0. The molecule has 2 saturated heterocycles. The molecule has 1 aromatic carbocycles. The van der Waals surface area contributed by atoms with Crippen molar-refractivity contribution in [2.75, 3.05) is 6.61 Å². The van der Waals surface area contributed by atoms with Crippen molar-refractivity contribution in [3.63, 3.8) is 0 Å². The molecule has 0 radical (unpaired) electrons. The lowest BCUT2D eigenvalue weighted by Gasteiger charge is -2.37. The summed E-state index contributed by atoms with van der Waals surface area (Å²) in [5.41, 5.74) is 1.71. The first-order valence-corrected chi connectivity index (χ1v) is 9.00. The maximum Gasteiger partial charge on any atom is 0.324 e. The molecule has 1 N–H and O–H groups in total. The molecule has 27 heavy (non-hydrogen) atoms. The minimum absolute atomic E-state index is 0.262. The zero-order chi connectivity index (χ0) is 19.4. The van der Waals surface area contributed by atoms with Gasteiger partial charge in [-0.2, -0.15) is 0 Å². The number of aromatic amines is 1. The van der Waals surface area contributed by atoms with Crippen LogP contribution in [-0.4, -0.2) is 41.2 Å². The van der Waals surface area contributed by atoms with E-state index in [-0.39, 0.29) is 6.61 Å². The zero-order valence-electron chi connectivity index (χ0n) is 15.8. The van der Waals surface area contributed by atoms with Crippen LogP contribution in [0.2, 0.25) is 0 Å². The summed E-state index contributed by atoms with van der Waals surface area (Å²) in [5, 5.41) is 0.918. The second kappa shape index (κ2) is 6.07. The lowest BCUT2D eigenvalue weighted by molar-refractivity contribution is -0.243. The second-order valence-electron chi connectivity index (χ2n) is 7.90. The van der Waals surface area contributed by atoms with E-state index in [1.54, 1.807) is 13.8 Å². The minimum atomic E-state index is -1.28. The van der Waals surface area contributed by atoms with E-state index in [2.05, 4.69) is 4.98 Å². The number of para-hydroxylation sites is 1. The molecule has 2 aliphatic rings. The number of fused-ring (bicyclic) bond motifs is 1. The fraction of sp³-hybridized carbons (Fsp3) is 0.500. The fourth-order valence-corrected chi connectivity index (χ4v) is 3.88. The van der Waals surface area contributed by atoms with Gasteiger partial charge < -0.3 is 23.9 Å². The van der Waals surface area contributed by atoms with Gasteiger partial charge in [-0.25, -0.2) is 0 Å². The van der Waals surface area contributed by atoms with Gasteiger partial charge in [0.25, 0.3) is 5.79 Å². The second-order valence-corrected chi connectivity index (χ2v) is 7.90. The zero-order valence-corrected chi connectivity index (χ0v) is 15.8. The van der Waals surface area contributed by atoms with Crippen LogP contribution in [0.25, 0.3) is 10.9 Å². The molecule has 4 rings (SSSR count). The van der Waals surface area contributed by atoms with Crippen molar-refractivity contribution in [1.82, 2.24) is 4.98 Å². The fourth-order valence-electron chi connectivity index (χ4n) is 3.88. The van der Waals surface area contributed by atoms with Gasteiger partial charge in [0.15, 0.2) is 11.7 Å². The number of benzene rings is 1. The van der Waals surface area contributed by atoms with Crippen LogP contribution >= 0.6 is 0 Å². The van der Waals surface area contributed by atoms with Crippen LogP contribution < -0.4 is 0 Å². The standard InChI is InChI=1S/C20H23NO6/c1-19(2)24-10-14(25-19)15(12-9-21-13-8-6-5-7-11(12)13)16-17(22)26-20(3,4)27-18(16)23/h5-9,14-16,21H,10H2,1-4H3/t14-,15+/m1/s1. The van der Waals surface area contributed by atoms with E-state index in [0.29, 0.717) is 0 Å². The van der Waals surface area contributed by atoms with Gasteiger partial charge in [0.2, 0.25) is 0 Å². The Morgan fingerprint density at radius 3 is 2.33 bits per heavy atom. The van der Waals surface area contributed by atoms with Crippen LogP contribution in [0.4, 0.5) is 0 Å². The molecule has 0 unspecified atom stereocenters. The first-order chi connectivity index (χ1) is 12.7. The lowest BCUT2D eigenvalue weighted by atomic mass is 9.81. The molecule has 2 aromatic rings. The summed E-state index contributed by atoms with van der Waals surface area (Å²) in [6, 6.07) is 7.71. The molecule has 1 aromatic heterocycles. The molecule has 0 aliphatic carbocycles. The molecule has 144 valence electrons. The summed E-state index contributed by atoms with van der Waals surface area (Å²) >= 11 is 0. The van der Waals surface area contributed by atoms with Gasteiger partial charge in [0.1, 0.15) is 0 Å². The van der Waals surface area contributed by atoms with E-state index in [9.17, 15) is 9.59 Å². The lowest BCUT2D eigenvalue weighted by Crippen LogP contribution is -2.50. The topological polar surface area (TPSA) is 86.9 Å². The van der Waals surface area contributed by atoms with Gasteiger partial charge >= 0.3 is 11.9 Å². The van der Waals surface area contributed by atoms with Crippen molar-refractivity contribution in [2.45, 2.75) is 51.3 Å². The Kier molecular flexibility index (Phi) is 4.05. The van der Waals surface area contributed by atoms with Gasteiger partial charge in [0, 0.05) is 36.9 Å². The summed E-state index contributed by atoms with van der Waals surface area (Å²) < 4.78 is 22.5. The number of rotatable bonds is 3. The van der Waals surface area contributed by atoms with Gasteiger partial charge in [0.05, 0.1) is 12.7 Å². The van der Waals surface area contributed by atoms with Crippen molar-refractivity contribution < 1.29 is 28.5 Å². The Morgan fingerprint density at radius 1 is 1.04 bits per heavy atom. The minimum Gasteiger partial charge on any atom is -0.422 e. The van der Waals surface area contributed by atoms with E-state index in [1.165, 1.54) is 13.8 Å². The summed E-state index contributed by atoms with van der Waals surface area (Å²) in [7, 11) is 0. The summed E-state index contributed by atoms with van der Waals surface area (Å²) in [6.07, 6.45) is 1.31. The van der Waals surface area contributed by atoms with E-state index in [0.717, 1.165) is 16.5 Å². The quantitative estimate of drug-likeness (QED) is 0.658. The van der Waals surface area contributed by atoms with Crippen LogP contribution in [-0.2, 0) is 28.5 Å². The van der Waals surface area contributed by atoms with Crippen LogP contribution in [0.3, 0.4) is 0 Å². The Labute approximate surface area is 156 Å². The molecule has 7 nitrogen and oxygen atoms in total. The molecule has 0 bridgehead atoms. The number of esters is 2. The van der Waals surface area contributed by atoms with E-state index >= 15 is 0 Å². The maximum absolute atomic E-state index is 12.8. The smallest absolute Gasteiger partial charge is 0.324 e. The number of H-pyrrole nitrogens is 1. The third-order valence-corrected chi connectivity index (χ3v) is 4.97. The summed E-state index contributed by atoms with van der Waals surface area (Å²) in [5.74, 6) is -5.02. The molecular formula is C20H23NO6. The normalized spacial score (nSPS) is 26.0. The predicted molar refractivity (Wildman–Crippen MR) is 95.7 cm³/mol. The van der Waals surface area contributed by atoms with E-state index < -0.39 is 41.5 Å². The third kappa shape index (κ3) is 3.21. The van der Waals surface area contributed by atoms with Gasteiger partial charge in [-0.15, -0.1) is 0 Å². The van der Waals surface area contributed by atoms with Gasteiger partial charge in [-0.3, -0.25) is 9.59 Å². The Bertz CT molecular complexity index is 879. The van der Waals surface area contributed by atoms with Gasteiger partial charge in [-0.05, 0) is 25.5 Å². The molecule has 2 atom stereocenters. The average Bonchev–Trinajstić information content (AvgIpc) is 3.13. The van der Waals surface area contributed by atoms with E-state index in [1.807, 2.05) is 30.5 Å². The van der Waals surface area contributed by atoms with E-state index in [4.69, 9.17) is 18.9 Å². The highest BCUT2D eigenvalue weighted by atomic mass is 16.8. The summed E-state index contributed by atoms with van der Waals surface area (Å²) in [6.45, 7) is 6.95. The Balaban J connectivity index is 1.80. The molecular weight excluding hydrogens is 350 g/mol. The number of aromatic nitrogens is 1. The third-order valence-electron chi connectivity index (χ3n) is 4.97. The highest BCUT2D eigenvalue weighted by molar-refractivity contribution is 5.99. The largest absolute Gasteiger partial charge is 0.422 e. The average molecular weight is 373 g/mol. The van der Waals surface area contributed by atoms with Crippen molar-refractivity contribution in [1.29, 1.82) is 0 Å². The number of carbonyl (C=O) groups excluding carboxylic acids is 2. The Hall–Kier alpha value is -2.38. The molecule has 0 saturated carbocycles. The molecule has 0 spiro atoms. The monoisotopic (exact) mass is 373 g/mol. The highest BCUT2D eigenvalue weighted by Crippen LogP contribution is 2.42. The number of carbonyl (C=O) groups is 2. The van der Waals surface area contributed by atoms with Crippen LogP contribution in [0.15, 0.2) is 30.5 Å². The highest BCUT2D eigenvalue weighted by Gasteiger charge is 2.53. The van der Waals surface area contributed by atoms with Crippen LogP contribution in [0.1, 0.15) is 39.2 Å². The SMILES string of the molecule is CC1(C)OC(=O)C([C@@H](c2c[nH]c3ccccc23)[C@H]2COC(C)(C)O2)C(=O)O1. The Morgan fingerprint density at radius 2 is 1.70 bits per heavy atom. The first-order valence-electron chi connectivity index (χ1n) is 9.00. The molecule has 2 aliphatic heterocycles. The van der Waals surface area contributed by atoms with Crippen molar-refractivity contribution in [3.05, 3.63) is 36.0 Å². The number of ether oxygens (including phenoxy) is 4. The number of cyclic esters (lactones) is 2. The molecule has 7 heteroatoms. The molecule has 2 fully saturated rings. The molecule has 0 amide bonds. The number of hydrogen-bond acceptors (Lipinski definition) is 6. The summed E-state index contributed by atoms with van der Waals surface area (Å²) in [4.78, 5) is 28.8. The van der Waals surface area contributed by atoms with Crippen molar-refractivity contribution in [2.24, 2.45) is 5.92 Å². The van der Waals surface area contributed by atoms with Crippen molar-refractivity contribution >= 4 is 22.8 Å². The maximum atomic E-state index is 12.8. The van der Waals surface area contributed by atoms with Gasteiger partial charge in [-0.1, -0.05) is 18.2 Å².